The predicted octanol–water partition coefficient (Wildman–Crippen LogP) is 3.13. The normalized spacial score (nSPS) is 17.3. The lowest BCUT2D eigenvalue weighted by Crippen LogP contribution is -2.36. The van der Waals surface area contributed by atoms with E-state index in [1.165, 1.54) is 0 Å². The van der Waals surface area contributed by atoms with Gasteiger partial charge in [0, 0.05) is 34.4 Å². The molecule has 1 unspecified atom stereocenters. The first-order valence-corrected chi connectivity index (χ1v) is 8.21. The molecule has 0 saturated carbocycles. The molecule has 122 valence electrons. The molecule has 0 aromatic heterocycles. The SMILES string of the molecule is CC(C)CNC(=O)C1CCc2c(c(O)c3ccccc3c2O)C1. The Morgan fingerprint density at radius 3 is 2.39 bits per heavy atom. The summed E-state index contributed by atoms with van der Waals surface area (Å²) in [7, 11) is 0. The van der Waals surface area contributed by atoms with Crippen molar-refractivity contribution < 1.29 is 15.0 Å². The molecular weight excluding hydrogens is 290 g/mol. The van der Waals surface area contributed by atoms with Crippen LogP contribution in [0.3, 0.4) is 0 Å². The quantitative estimate of drug-likeness (QED) is 0.763. The molecule has 2 aromatic rings. The van der Waals surface area contributed by atoms with E-state index in [2.05, 4.69) is 19.2 Å². The highest BCUT2D eigenvalue weighted by Gasteiger charge is 2.29. The lowest BCUT2D eigenvalue weighted by Gasteiger charge is -2.26. The summed E-state index contributed by atoms with van der Waals surface area (Å²) >= 11 is 0. The first-order valence-electron chi connectivity index (χ1n) is 8.21. The van der Waals surface area contributed by atoms with Gasteiger partial charge in [-0.25, -0.2) is 0 Å². The molecule has 4 nitrogen and oxygen atoms in total. The first kappa shape index (κ1) is 15.7. The van der Waals surface area contributed by atoms with E-state index in [0.717, 1.165) is 11.1 Å². The van der Waals surface area contributed by atoms with Crippen molar-refractivity contribution in [3.05, 3.63) is 35.4 Å². The number of benzene rings is 2. The Hall–Kier alpha value is -2.23. The fourth-order valence-electron chi connectivity index (χ4n) is 3.34. The smallest absolute Gasteiger partial charge is 0.223 e. The molecule has 3 N–H and O–H groups in total. The van der Waals surface area contributed by atoms with E-state index in [1.54, 1.807) is 6.07 Å². The molecule has 0 spiro atoms. The molecule has 0 aliphatic heterocycles. The van der Waals surface area contributed by atoms with E-state index in [4.69, 9.17) is 0 Å². The van der Waals surface area contributed by atoms with Gasteiger partial charge in [-0.05, 0) is 25.2 Å². The van der Waals surface area contributed by atoms with Crippen molar-refractivity contribution in [3.63, 3.8) is 0 Å². The number of carbonyl (C=O) groups is 1. The van der Waals surface area contributed by atoms with Crippen molar-refractivity contribution in [2.75, 3.05) is 6.54 Å². The monoisotopic (exact) mass is 313 g/mol. The topological polar surface area (TPSA) is 69.6 Å². The maximum absolute atomic E-state index is 12.3. The van der Waals surface area contributed by atoms with E-state index in [9.17, 15) is 15.0 Å². The van der Waals surface area contributed by atoms with Gasteiger partial charge in [-0.3, -0.25) is 4.79 Å². The third-order valence-electron chi connectivity index (χ3n) is 4.62. The Morgan fingerprint density at radius 1 is 1.17 bits per heavy atom. The zero-order valence-corrected chi connectivity index (χ0v) is 13.6. The van der Waals surface area contributed by atoms with Crippen LogP contribution in [0.25, 0.3) is 10.8 Å². The zero-order chi connectivity index (χ0) is 16.6. The van der Waals surface area contributed by atoms with E-state index < -0.39 is 0 Å². The third kappa shape index (κ3) is 2.85. The Balaban J connectivity index is 1.93. The van der Waals surface area contributed by atoms with Crippen LogP contribution in [0.1, 0.15) is 31.4 Å². The van der Waals surface area contributed by atoms with Crippen LogP contribution in [0.2, 0.25) is 0 Å². The minimum absolute atomic E-state index is 0.0383. The van der Waals surface area contributed by atoms with Crippen molar-refractivity contribution >= 4 is 16.7 Å². The zero-order valence-electron chi connectivity index (χ0n) is 13.6. The second kappa shape index (κ2) is 6.11. The Bertz CT molecular complexity index is 752. The summed E-state index contributed by atoms with van der Waals surface area (Å²) in [6.45, 7) is 4.79. The molecular formula is C19H23NO3. The van der Waals surface area contributed by atoms with Gasteiger partial charge >= 0.3 is 0 Å². The van der Waals surface area contributed by atoms with Gasteiger partial charge in [0.15, 0.2) is 0 Å². The summed E-state index contributed by atoms with van der Waals surface area (Å²) in [5.74, 6) is 0.754. The number of amides is 1. The van der Waals surface area contributed by atoms with E-state index in [1.807, 2.05) is 18.2 Å². The van der Waals surface area contributed by atoms with E-state index in [-0.39, 0.29) is 23.3 Å². The number of hydrogen-bond donors (Lipinski definition) is 3. The first-order chi connectivity index (χ1) is 11.0. The largest absolute Gasteiger partial charge is 0.507 e. The summed E-state index contributed by atoms with van der Waals surface area (Å²) in [5, 5.41) is 25.4. The van der Waals surface area contributed by atoms with Crippen LogP contribution in [0.15, 0.2) is 24.3 Å². The molecule has 0 fully saturated rings. The number of carbonyl (C=O) groups excluding carboxylic acids is 1. The summed E-state index contributed by atoms with van der Waals surface area (Å²) in [6, 6.07) is 7.29. The number of nitrogens with one attached hydrogen (secondary N) is 1. The average Bonchev–Trinajstić information content (AvgIpc) is 2.57. The fraction of sp³-hybridized carbons (Fsp3) is 0.421. The molecule has 0 heterocycles. The van der Waals surface area contributed by atoms with Crippen LogP contribution in [-0.2, 0) is 17.6 Å². The van der Waals surface area contributed by atoms with Crippen LogP contribution < -0.4 is 5.32 Å². The maximum Gasteiger partial charge on any atom is 0.223 e. The van der Waals surface area contributed by atoms with E-state index in [0.29, 0.717) is 42.5 Å². The fourth-order valence-corrected chi connectivity index (χ4v) is 3.34. The number of hydrogen-bond acceptors (Lipinski definition) is 3. The second-order valence-electron chi connectivity index (χ2n) is 6.78. The van der Waals surface area contributed by atoms with Gasteiger partial charge < -0.3 is 15.5 Å². The minimum Gasteiger partial charge on any atom is -0.507 e. The third-order valence-corrected chi connectivity index (χ3v) is 4.62. The summed E-state index contributed by atoms with van der Waals surface area (Å²) in [4.78, 5) is 12.3. The number of aromatic hydroxyl groups is 2. The van der Waals surface area contributed by atoms with Gasteiger partial charge in [-0.1, -0.05) is 38.1 Å². The molecule has 3 rings (SSSR count). The predicted molar refractivity (Wildman–Crippen MR) is 90.6 cm³/mol. The molecule has 23 heavy (non-hydrogen) atoms. The highest BCUT2D eigenvalue weighted by Crippen LogP contribution is 2.43. The Labute approximate surface area is 136 Å². The molecule has 1 aliphatic rings. The standard InChI is InChI=1S/C19H23NO3/c1-11(2)10-20-19(23)12-7-8-15-16(9-12)18(22)14-6-4-3-5-13(14)17(15)21/h3-6,11-12,21-22H,7-10H2,1-2H3,(H,20,23). The van der Waals surface area contributed by atoms with Crippen molar-refractivity contribution in [2.24, 2.45) is 11.8 Å². The number of phenols is 2. The maximum atomic E-state index is 12.3. The number of fused-ring (bicyclic) bond motifs is 2. The van der Waals surface area contributed by atoms with Gasteiger partial charge in [0.05, 0.1) is 0 Å². The van der Waals surface area contributed by atoms with Gasteiger partial charge in [0.25, 0.3) is 0 Å². The van der Waals surface area contributed by atoms with E-state index >= 15 is 0 Å². The second-order valence-corrected chi connectivity index (χ2v) is 6.78. The molecule has 0 bridgehead atoms. The van der Waals surface area contributed by atoms with Crippen molar-refractivity contribution in [1.82, 2.24) is 5.32 Å². The summed E-state index contributed by atoms with van der Waals surface area (Å²) < 4.78 is 0. The molecule has 0 radical (unpaired) electrons. The lowest BCUT2D eigenvalue weighted by atomic mass is 9.81. The lowest BCUT2D eigenvalue weighted by molar-refractivity contribution is -0.125. The molecule has 1 amide bonds. The molecule has 0 saturated heterocycles. The average molecular weight is 313 g/mol. The summed E-state index contributed by atoms with van der Waals surface area (Å²) in [6.07, 6.45) is 1.78. The Morgan fingerprint density at radius 2 is 1.78 bits per heavy atom. The van der Waals surface area contributed by atoms with Crippen LogP contribution >= 0.6 is 0 Å². The minimum atomic E-state index is -0.146. The van der Waals surface area contributed by atoms with Crippen molar-refractivity contribution in [1.29, 1.82) is 0 Å². The van der Waals surface area contributed by atoms with Crippen molar-refractivity contribution in [2.45, 2.75) is 33.1 Å². The van der Waals surface area contributed by atoms with Gasteiger partial charge in [-0.2, -0.15) is 0 Å². The van der Waals surface area contributed by atoms with Crippen LogP contribution in [-0.4, -0.2) is 22.7 Å². The van der Waals surface area contributed by atoms with Crippen LogP contribution in [0.5, 0.6) is 11.5 Å². The van der Waals surface area contributed by atoms with Crippen molar-refractivity contribution in [3.8, 4) is 11.5 Å². The number of phenolic OH excluding ortho intramolecular Hbond substituents is 2. The molecule has 4 heteroatoms. The Kier molecular flexibility index (Phi) is 4.16. The summed E-state index contributed by atoms with van der Waals surface area (Å²) in [5.41, 5.74) is 1.51. The van der Waals surface area contributed by atoms with Crippen LogP contribution in [0, 0.1) is 11.8 Å². The van der Waals surface area contributed by atoms with Gasteiger partial charge in [0.2, 0.25) is 5.91 Å². The highest BCUT2D eigenvalue weighted by atomic mass is 16.3. The number of rotatable bonds is 3. The molecule has 1 aliphatic carbocycles. The van der Waals surface area contributed by atoms with Crippen LogP contribution in [0.4, 0.5) is 0 Å². The van der Waals surface area contributed by atoms with Gasteiger partial charge in [0.1, 0.15) is 11.5 Å². The van der Waals surface area contributed by atoms with Gasteiger partial charge in [-0.15, -0.1) is 0 Å². The molecule has 2 aromatic carbocycles. The molecule has 1 atom stereocenters. The highest BCUT2D eigenvalue weighted by molar-refractivity contribution is 5.96.